The number of carbonyl (C=O) groups excluding carboxylic acids is 1. The molecule has 0 atom stereocenters. The number of nitrogens with two attached hydrogens (primary N) is 1. The number of rotatable bonds is 1. The van der Waals surface area contributed by atoms with Gasteiger partial charge in [0.25, 0.3) is 0 Å². The molecule has 2 rings (SSSR count). The number of aromatic nitrogens is 1. The first-order valence-corrected chi connectivity index (χ1v) is 5.49. The molecule has 1 aliphatic rings. The Balaban J connectivity index is 2.05. The number of hydrogen-bond acceptors (Lipinski definition) is 4. The number of piperazine rings is 1. The van der Waals surface area contributed by atoms with E-state index in [0.29, 0.717) is 32.0 Å². The van der Waals surface area contributed by atoms with Crippen molar-refractivity contribution in [2.45, 2.75) is 6.92 Å². The maximum atomic E-state index is 13.0. The minimum Gasteiger partial charge on any atom is -0.396 e. The van der Waals surface area contributed by atoms with Crippen molar-refractivity contribution < 1.29 is 9.18 Å². The van der Waals surface area contributed by atoms with Crippen molar-refractivity contribution in [3.8, 4) is 0 Å². The van der Waals surface area contributed by atoms with Crippen LogP contribution in [-0.4, -0.2) is 42.0 Å². The number of hydrogen-bond donors (Lipinski definition) is 1. The Labute approximate surface area is 99.0 Å². The molecule has 2 N–H and O–H groups in total. The van der Waals surface area contributed by atoms with Gasteiger partial charge < -0.3 is 15.5 Å². The van der Waals surface area contributed by atoms with Gasteiger partial charge in [-0.1, -0.05) is 0 Å². The predicted octanol–water partition coefficient (Wildman–Crippen LogP) is 0.471. The largest absolute Gasteiger partial charge is 0.396 e. The molecule has 0 saturated carbocycles. The Kier molecular flexibility index (Phi) is 3.12. The summed E-state index contributed by atoms with van der Waals surface area (Å²) in [5, 5.41) is 0. The van der Waals surface area contributed by atoms with Crippen molar-refractivity contribution in [1.29, 1.82) is 0 Å². The Morgan fingerprint density at radius 3 is 2.59 bits per heavy atom. The second-order valence-corrected chi connectivity index (χ2v) is 4.06. The molecule has 2 heterocycles. The number of nitrogen functional groups attached to an aromatic ring is 1. The molecule has 6 heteroatoms. The maximum absolute atomic E-state index is 13.0. The standard InChI is InChI=1S/C11H15FN4O/c1-8(17)15-2-4-16(5-3-15)11-6-10(13)9(12)7-14-11/h6-7H,2-5H2,1H3,(H2,13,14). The number of carbonyl (C=O) groups is 1. The maximum Gasteiger partial charge on any atom is 0.219 e. The van der Waals surface area contributed by atoms with Crippen molar-refractivity contribution in [2.24, 2.45) is 0 Å². The Morgan fingerprint density at radius 1 is 1.41 bits per heavy atom. The monoisotopic (exact) mass is 238 g/mol. The Bertz CT molecular complexity index is 429. The van der Waals surface area contributed by atoms with Crippen LogP contribution in [0.4, 0.5) is 15.9 Å². The molecular formula is C11H15FN4O. The fourth-order valence-corrected chi connectivity index (χ4v) is 1.87. The fourth-order valence-electron chi connectivity index (χ4n) is 1.87. The first-order chi connectivity index (χ1) is 8.08. The number of nitrogens with zero attached hydrogens (tertiary/aromatic N) is 3. The van der Waals surface area contributed by atoms with E-state index in [1.165, 1.54) is 6.07 Å². The first-order valence-electron chi connectivity index (χ1n) is 5.49. The second kappa shape index (κ2) is 4.57. The zero-order valence-electron chi connectivity index (χ0n) is 9.69. The van der Waals surface area contributed by atoms with Crippen molar-refractivity contribution >= 4 is 17.4 Å². The van der Waals surface area contributed by atoms with Gasteiger partial charge in [0.1, 0.15) is 5.82 Å². The summed E-state index contributed by atoms with van der Waals surface area (Å²) in [6, 6.07) is 1.53. The van der Waals surface area contributed by atoms with Crippen LogP contribution in [-0.2, 0) is 4.79 Å². The molecule has 0 aliphatic carbocycles. The highest BCUT2D eigenvalue weighted by atomic mass is 19.1. The highest BCUT2D eigenvalue weighted by Crippen LogP contribution is 2.18. The van der Waals surface area contributed by atoms with Gasteiger partial charge in [-0.3, -0.25) is 4.79 Å². The van der Waals surface area contributed by atoms with E-state index < -0.39 is 5.82 Å². The molecule has 0 spiro atoms. The first kappa shape index (κ1) is 11.6. The molecule has 1 fully saturated rings. The average molecular weight is 238 g/mol. The van der Waals surface area contributed by atoms with Crippen LogP contribution < -0.4 is 10.6 Å². The molecule has 1 aromatic rings. The van der Waals surface area contributed by atoms with E-state index in [-0.39, 0.29) is 11.6 Å². The van der Waals surface area contributed by atoms with E-state index in [0.717, 1.165) is 6.20 Å². The summed E-state index contributed by atoms with van der Waals surface area (Å²) in [5.41, 5.74) is 5.60. The van der Waals surface area contributed by atoms with Gasteiger partial charge in [0.2, 0.25) is 5.91 Å². The lowest BCUT2D eigenvalue weighted by Crippen LogP contribution is -2.48. The third-order valence-corrected chi connectivity index (χ3v) is 2.92. The lowest BCUT2D eigenvalue weighted by atomic mass is 10.3. The summed E-state index contributed by atoms with van der Waals surface area (Å²) in [5.74, 6) is 0.236. The number of anilines is 2. The van der Waals surface area contributed by atoms with E-state index in [2.05, 4.69) is 4.98 Å². The van der Waals surface area contributed by atoms with Gasteiger partial charge in [-0.05, 0) is 0 Å². The summed E-state index contributed by atoms with van der Waals surface area (Å²) in [6.45, 7) is 4.27. The summed E-state index contributed by atoms with van der Waals surface area (Å²) < 4.78 is 13.0. The molecule has 0 radical (unpaired) electrons. The molecule has 0 aromatic carbocycles. The van der Waals surface area contributed by atoms with Crippen LogP contribution in [0, 0.1) is 5.82 Å². The topological polar surface area (TPSA) is 62.5 Å². The van der Waals surface area contributed by atoms with E-state index in [1.807, 2.05) is 4.90 Å². The van der Waals surface area contributed by atoms with E-state index >= 15 is 0 Å². The van der Waals surface area contributed by atoms with Gasteiger partial charge in [-0.25, -0.2) is 9.37 Å². The smallest absolute Gasteiger partial charge is 0.219 e. The van der Waals surface area contributed by atoms with Crippen LogP contribution in [0.15, 0.2) is 12.3 Å². The molecular weight excluding hydrogens is 223 g/mol. The molecule has 92 valence electrons. The molecule has 1 amide bonds. The van der Waals surface area contributed by atoms with Crippen LogP contribution in [0.25, 0.3) is 0 Å². The minimum absolute atomic E-state index is 0.0798. The summed E-state index contributed by atoms with van der Waals surface area (Å²) in [6.07, 6.45) is 1.13. The van der Waals surface area contributed by atoms with Crippen molar-refractivity contribution in [1.82, 2.24) is 9.88 Å². The van der Waals surface area contributed by atoms with E-state index in [9.17, 15) is 9.18 Å². The third kappa shape index (κ3) is 2.46. The normalized spacial score (nSPS) is 16.1. The fraction of sp³-hybridized carbons (Fsp3) is 0.455. The van der Waals surface area contributed by atoms with Crippen LogP contribution >= 0.6 is 0 Å². The number of pyridine rings is 1. The van der Waals surface area contributed by atoms with Crippen LogP contribution in [0.1, 0.15) is 6.92 Å². The SMILES string of the molecule is CC(=O)N1CCN(c2cc(N)c(F)cn2)CC1. The zero-order valence-corrected chi connectivity index (χ0v) is 9.69. The van der Waals surface area contributed by atoms with E-state index in [1.54, 1.807) is 11.8 Å². The molecule has 0 unspecified atom stereocenters. The van der Waals surface area contributed by atoms with Gasteiger partial charge in [0.05, 0.1) is 11.9 Å². The van der Waals surface area contributed by atoms with Gasteiger partial charge in [0.15, 0.2) is 5.82 Å². The Morgan fingerprint density at radius 2 is 2.06 bits per heavy atom. The third-order valence-electron chi connectivity index (χ3n) is 2.92. The van der Waals surface area contributed by atoms with Crippen LogP contribution in [0.3, 0.4) is 0 Å². The molecule has 1 aliphatic heterocycles. The molecule has 0 bridgehead atoms. The quantitative estimate of drug-likeness (QED) is 0.772. The van der Waals surface area contributed by atoms with Crippen LogP contribution in [0.5, 0.6) is 0 Å². The van der Waals surface area contributed by atoms with Gasteiger partial charge in [-0.15, -0.1) is 0 Å². The zero-order chi connectivity index (χ0) is 12.4. The van der Waals surface area contributed by atoms with Gasteiger partial charge in [-0.2, -0.15) is 0 Å². The average Bonchev–Trinajstić information content (AvgIpc) is 2.33. The highest BCUT2D eigenvalue weighted by molar-refractivity contribution is 5.73. The van der Waals surface area contributed by atoms with Crippen molar-refractivity contribution in [2.75, 3.05) is 36.8 Å². The minimum atomic E-state index is -0.504. The van der Waals surface area contributed by atoms with E-state index in [4.69, 9.17) is 5.73 Å². The van der Waals surface area contributed by atoms with Crippen molar-refractivity contribution in [3.63, 3.8) is 0 Å². The number of halogens is 1. The number of amides is 1. The highest BCUT2D eigenvalue weighted by Gasteiger charge is 2.19. The predicted molar refractivity (Wildman–Crippen MR) is 63.1 cm³/mol. The summed E-state index contributed by atoms with van der Waals surface area (Å²) >= 11 is 0. The molecule has 5 nitrogen and oxygen atoms in total. The van der Waals surface area contributed by atoms with Crippen molar-refractivity contribution in [3.05, 3.63) is 18.1 Å². The summed E-state index contributed by atoms with van der Waals surface area (Å²) in [7, 11) is 0. The molecule has 17 heavy (non-hydrogen) atoms. The summed E-state index contributed by atoms with van der Waals surface area (Å²) in [4.78, 5) is 18.9. The lowest BCUT2D eigenvalue weighted by molar-refractivity contribution is -0.129. The molecule has 1 aromatic heterocycles. The molecule has 1 saturated heterocycles. The lowest BCUT2D eigenvalue weighted by Gasteiger charge is -2.34. The second-order valence-electron chi connectivity index (χ2n) is 4.06. The van der Waals surface area contributed by atoms with Gasteiger partial charge >= 0.3 is 0 Å². The van der Waals surface area contributed by atoms with Crippen LogP contribution in [0.2, 0.25) is 0 Å². The van der Waals surface area contributed by atoms with Gasteiger partial charge in [0, 0.05) is 39.2 Å². The Hall–Kier alpha value is -1.85.